The molecular formula is C24H30N2O3. The van der Waals surface area contributed by atoms with Crippen molar-refractivity contribution in [2.75, 3.05) is 12.4 Å². The zero-order chi connectivity index (χ0) is 20.8. The van der Waals surface area contributed by atoms with Crippen molar-refractivity contribution in [3.63, 3.8) is 0 Å². The van der Waals surface area contributed by atoms with Gasteiger partial charge in [-0.25, -0.2) is 0 Å². The first kappa shape index (κ1) is 20.9. The smallest absolute Gasteiger partial charge is 0.227 e. The fraction of sp³-hybridized carbons (Fsp3) is 0.417. The van der Waals surface area contributed by atoms with Gasteiger partial charge in [0.15, 0.2) is 0 Å². The second-order valence-corrected chi connectivity index (χ2v) is 7.85. The van der Waals surface area contributed by atoms with Gasteiger partial charge >= 0.3 is 0 Å². The summed E-state index contributed by atoms with van der Waals surface area (Å²) in [5.41, 5.74) is 4.20. The summed E-state index contributed by atoms with van der Waals surface area (Å²) >= 11 is 0. The topological polar surface area (TPSA) is 67.4 Å². The van der Waals surface area contributed by atoms with Crippen molar-refractivity contribution in [3.05, 3.63) is 59.2 Å². The highest BCUT2D eigenvalue weighted by Crippen LogP contribution is 2.30. The van der Waals surface area contributed by atoms with Gasteiger partial charge in [0.1, 0.15) is 5.75 Å². The van der Waals surface area contributed by atoms with Crippen LogP contribution in [0.3, 0.4) is 0 Å². The van der Waals surface area contributed by atoms with Gasteiger partial charge in [-0.3, -0.25) is 9.59 Å². The number of ether oxygens (including phenoxy) is 1. The van der Waals surface area contributed by atoms with Gasteiger partial charge in [0.2, 0.25) is 11.8 Å². The number of hydrogen-bond donors (Lipinski definition) is 2. The molecule has 5 nitrogen and oxygen atoms in total. The van der Waals surface area contributed by atoms with Crippen LogP contribution in [0.1, 0.15) is 42.4 Å². The Labute approximate surface area is 172 Å². The summed E-state index contributed by atoms with van der Waals surface area (Å²) < 4.78 is 5.15. The molecule has 29 heavy (non-hydrogen) atoms. The van der Waals surface area contributed by atoms with Crippen LogP contribution in [-0.2, 0) is 16.1 Å². The summed E-state index contributed by atoms with van der Waals surface area (Å²) in [6.45, 7) is 4.58. The SMILES string of the molecule is COc1ccc(CNC(=O)C2CCC(C(=O)Nc3cccc(C)c3C)CC2)cc1. The highest BCUT2D eigenvalue weighted by atomic mass is 16.5. The average molecular weight is 395 g/mol. The molecule has 1 aliphatic rings. The molecule has 0 radical (unpaired) electrons. The summed E-state index contributed by atoms with van der Waals surface area (Å²) in [6.07, 6.45) is 2.99. The van der Waals surface area contributed by atoms with Gasteiger partial charge in [0.25, 0.3) is 0 Å². The van der Waals surface area contributed by atoms with Gasteiger partial charge in [-0.1, -0.05) is 24.3 Å². The largest absolute Gasteiger partial charge is 0.497 e. The van der Waals surface area contributed by atoms with Gasteiger partial charge in [-0.05, 0) is 74.4 Å². The molecule has 0 unspecified atom stereocenters. The van der Waals surface area contributed by atoms with E-state index in [0.29, 0.717) is 6.54 Å². The summed E-state index contributed by atoms with van der Waals surface area (Å²) in [4.78, 5) is 25.2. The van der Waals surface area contributed by atoms with Crippen LogP contribution in [-0.4, -0.2) is 18.9 Å². The lowest BCUT2D eigenvalue weighted by Crippen LogP contribution is -2.35. The normalized spacial score (nSPS) is 18.7. The number of amides is 2. The van der Waals surface area contributed by atoms with Crippen LogP contribution in [0, 0.1) is 25.7 Å². The molecule has 5 heteroatoms. The zero-order valence-electron chi connectivity index (χ0n) is 17.5. The maximum Gasteiger partial charge on any atom is 0.227 e. The Morgan fingerprint density at radius 2 is 1.55 bits per heavy atom. The molecule has 0 aromatic heterocycles. The highest BCUT2D eigenvalue weighted by molar-refractivity contribution is 5.93. The second-order valence-electron chi connectivity index (χ2n) is 7.85. The van der Waals surface area contributed by atoms with Crippen LogP contribution in [0.2, 0.25) is 0 Å². The van der Waals surface area contributed by atoms with Gasteiger partial charge < -0.3 is 15.4 Å². The maximum atomic E-state index is 12.6. The molecule has 0 bridgehead atoms. The first-order valence-electron chi connectivity index (χ1n) is 10.3. The Hall–Kier alpha value is -2.82. The van der Waals surface area contributed by atoms with E-state index in [4.69, 9.17) is 4.74 Å². The molecule has 2 N–H and O–H groups in total. The minimum absolute atomic E-state index is 0.0157. The van der Waals surface area contributed by atoms with E-state index in [1.807, 2.05) is 56.3 Å². The van der Waals surface area contributed by atoms with Gasteiger partial charge in [0.05, 0.1) is 7.11 Å². The molecule has 2 aromatic carbocycles. The number of methoxy groups -OCH3 is 1. The Bertz CT molecular complexity index is 853. The Morgan fingerprint density at radius 3 is 2.17 bits per heavy atom. The van der Waals surface area contributed by atoms with Crippen LogP contribution in [0.25, 0.3) is 0 Å². The summed E-state index contributed by atoms with van der Waals surface area (Å²) in [6, 6.07) is 13.6. The quantitative estimate of drug-likeness (QED) is 0.764. The van der Waals surface area contributed by atoms with E-state index in [9.17, 15) is 9.59 Å². The summed E-state index contributed by atoms with van der Waals surface area (Å²) in [5, 5.41) is 6.09. The van der Waals surface area contributed by atoms with E-state index < -0.39 is 0 Å². The van der Waals surface area contributed by atoms with Crippen molar-refractivity contribution < 1.29 is 14.3 Å². The summed E-state index contributed by atoms with van der Waals surface area (Å²) in [5.74, 6) is 0.904. The average Bonchev–Trinajstić information content (AvgIpc) is 2.75. The van der Waals surface area contributed by atoms with Crippen LogP contribution < -0.4 is 15.4 Å². The van der Waals surface area contributed by atoms with E-state index in [2.05, 4.69) is 10.6 Å². The molecule has 0 saturated heterocycles. The fourth-order valence-electron chi connectivity index (χ4n) is 3.82. The number of carbonyl (C=O) groups is 2. The van der Waals surface area contributed by atoms with Crippen molar-refractivity contribution in [2.24, 2.45) is 11.8 Å². The van der Waals surface area contributed by atoms with Gasteiger partial charge in [-0.2, -0.15) is 0 Å². The monoisotopic (exact) mass is 394 g/mol. The number of benzene rings is 2. The number of carbonyl (C=O) groups excluding carboxylic acids is 2. The lowest BCUT2D eigenvalue weighted by molar-refractivity contribution is -0.128. The Kier molecular flexibility index (Phi) is 6.91. The van der Waals surface area contributed by atoms with Crippen molar-refractivity contribution in [3.8, 4) is 5.75 Å². The van der Waals surface area contributed by atoms with Crippen molar-refractivity contribution in [1.29, 1.82) is 0 Å². The molecular weight excluding hydrogens is 364 g/mol. The van der Waals surface area contributed by atoms with E-state index in [1.165, 1.54) is 5.56 Å². The van der Waals surface area contributed by atoms with Crippen LogP contribution in [0.15, 0.2) is 42.5 Å². The first-order valence-corrected chi connectivity index (χ1v) is 10.3. The number of rotatable bonds is 6. The minimum atomic E-state index is -0.0273. The molecule has 0 aliphatic heterocycles. The van der Waals surface area contributed by atoms with Crippen molar-refractivity contribution >= 4 is 17.5 Å². The van der Waals surface area contributed by atoms with Crippen molar-refractivity contribution in [2.45, 2.75) is 46.1 Å². The Morgan fingerprint density at radius 1 is 0.931 bits per heavy atom. The molecule has 1 aliphatic carbocycles. The molecule has 0 heterocycles. The standard InChI is InChI=1S/C24H30N2O3/c1-16-5-4-6-22(17(16)2)26-24(28)20-11-9-19(10-12-20)23(27)25-15-18-7-13-21(29-3)14-8-18/h4-8,13-14,19-20H,9-12,15H2,1-3H3,(H,25,27)(H,26,28). The molecule has 154 valence electrons. The van der Waals surface area contributed by atoms with Crippen molar-refractivity contribution in [1.82, 2.24) is 5.32 Å². The van der Waals surface area contributed by atoms with E-state index in [0.717, 1.165) is 48.2 Å². The third-order valence-corrected chi connectivity index (χ3v) is 5.96. The lowest BCUT2D eigenvalue weighted by atomic mass is 9.81. The lowest BCUT2D eigenvalue weighted by Gasteiger charge is -2.27. The first-order chi connectivity index (χ1) is 14.0. The maximum absolute atomic E-state index is 12.6. The zero-order valence-corrected chi connectivity index (χ0v) is 17.5. The van der Waals surface area contributed by atoms with E-state index >= 15 is 0 Å². The predicted molar refractivity (Wildman–Crippen MR) is 115 cm³/mol. The number of hydrogen-bond acceptors (Lipinski definition) is 3. The van der Waals surface area contributed by atoms with Crippen LogP contribution >= 0.6 is 0 Å². The number of nitrogens with one attached hydrogen (secondary N) is 2. The molecule has 0 spiro atoms. The van der Waals surface area contributed by atoms with Gasteiger partial charge in [0, 0.05) is 24.1 Å². The number of aryl methyl sites for hydroxylation is 1. The molecule has 1 saturated carbocycles. The fourth-order valence-corrected chi connectivity index (χ4v) is 3.82. The molecule has 2 aromatic rings. The molecule has 3 rings (SSSR count). The molecule has 1 fully saturated rings. The highest BCUT2D eigenvalue weighted by Gasteiger charge is 2.30. The molecule has 2 amide bonds. The van der Waals surface area contributed by atoms with Crippen LogP contribution in [0.4, 0.5) is 5.69 Å². The van der Waals surface area contributed by atoms with Gasteiger partial charge in [-0.15, -0.1) is 0 Å². The minimum Gasteiger partial charge on any atom is -0.497 e. The summed E-state index contributed by atoms with van der Waals surface area (Å²) in [7, 11) is 1.63. The molecule has 0 atom stereocenters. The van der Waals surface area contributed by atoms with E-state index in [-0.39, 0.29) is 23.7 Å². The van der Waals surface area contributed by atoms with E-state index in [1.54, 1.807) is 7.11 Å². The predicted octanol–water partition coefficient (Wildman–Crippen LogP) is 4.37. The number of anilines is 1. The third-order valence-electron chi connectivity index (χ3n) is 5.96. The second kappa shape index (κ2) is 9.59. The Balaban J connectivity index is 1.46. The third kappa shape index (κ3) is 5.37. The van der Waals surface area contributed by atoms with Crippen LogP contribution in [0.5, 0.6) is 5.75 Å².